The molecule has 0 bridgehead atoms. The number of anilines is 1. The zero-order valence-corrected chi connectivity index (χ0v) is 20.4. The number of nitrogens with zero attached hydrogens (tertiary/aromatic N) is 3. The minimum absolute atomic E-state index is 0.0181. The van der Waals surface area contributed by atoms with Crippen molar-refractivity contribution in [2.75, 3.05) is 11.9 Å². The number of fused-ring (bicyclic) bond motifs is 2. The molecule has 1 atom stereocenters. The Morgan fingerprint density at radius 1 is 0.974 bits per heavy atom. The highest BCUT2D eigenvalue weighted by Crippen LogP contribution is 2.33. The molecule has 2 aliphatic heterocycles. The van der Waals surface area contributed by atoms with E-state index in [9.17, 15) is 14.0 Å². The van der Waals surface area contributed by atoms with Crippen molar-refractivity contribution in [2.45, 2.75) is 25.6 Å². The standard InChI is InChI=1S/C29H24FN5O3/c30-21-15-9-14-20-23(18-10-3-1-4-11-18)31-26(28(37)32-25(20)21)33-27(36)22-24(19-12-5-2-6-13-19)34-35-16-7-8-17-38-29(22)35/h1-6,9-15,26H,7-8,16-17H2,(H,32,37)(H,33,36)/t26-/m1/s1. The second kappa shape index (κ2) is 9.93. The van der Waals surface area contributed by atoms with E-state index in [1.807, 2.05) is 60.7 Å². The van der Waals surface area contributed by atoms with Crippen LogP contribution >= 0.6 is 0 Å². The Morgan fingerprint density at radius 2 is 1.71 bits per heavy atom. The van der Waals surface area contributed by atoms with Crippen LogP contribution in [0.1, 0.15) is 34.3 Å². The van der Waals surface area contributed by atoms with Gasteiger partial charge in [0.25, 0.3) is 11.8 Å². The first-order valence-corrected chi connectivity index (χ1v) is 12.4. The summed E-state index contributed by atoms with van der Waals surface area (Å²) in [5.74, 6) is -1.45. The lowest BCUT2D eigenvalue weighted by Gasteiger charge is -2.14. The lowest BCUT2D eigenvalue weighted by Crippen LogP contribution is -2.42. The Labute approximate surface area is 218 Å². The zero-order chi connectivity index (χ0) is 26.1. The summed E-state index contributed by atoms with van der Waals surface area (Å²) in [5.41, 5.74) is 2.94. The number of aromatic nitrogens is 2. The van der Waals surface area contributed by atoms with Crippen molar-refractivity contribution >= 4 is 23.2 Å². The third kappa shape index (κ3) is 4.32. The van der Waals surface area contributed by atoms with E-state index in [-0.39, 0.29) is 11.3 Å². The van der Waals surface area contributed by atoms with Crippen LogP contribution in [0.2, 0.25) is 0 Å². The topological polar surface area (TPSA) is 97.6 Å². The molecule has 0 saturated carbocycles. The predicted octanol–water partition coefficient (Wildman–Crippen LogP) is 4.41. The predicted molar refractivity (Wildman–Crippen MR) is 141 cm³/mol. The maximum absolute atomic E-state index is 14.8. The molecular formula is C29H24FN5O3. The van der Waals surface area contributed by atoms with Crippen molar-refractivity contribution in [1.82, 2.24) is 15.1 Å². The number of para-hydroxylation sites is 1. The monoisotopic (exact) mass is 509 g/mol. The van der Waals surface area contributed by atoms with E-state index < -0.39 is 23.8 Å². The van der Waals surface area contributed by atoms with Crippen LogP contribution in [-0.2, 0) is 11.3 Å². The number of carbonyl (C=O) groups is 2. The van der Waals surface area contributed by atoms with Crippen LogP contribution in [-0.4, -0.2) is 40.1 Å². The van der Waals surface area contributed by atoms with Crippen LogP contribution in [0.15, 0.2) is 83.9 Å². The van der Waals surface area contributed by atoms with Crippen LogP contribution in [0.3, 0.4) is 0 Å². The van der Waals surface area contributed by atoms with Crippen LogP contribution in [0.5, 0.6) is 5.88 Å². The average Bonchev–Trinajstić information content (AvgIpc) is 3.05. The Morgan fingerprint density at radius 3 is 2.47 bits per heavy atom. The number of carbonyl (C=O) groups excluding carboxylic acids is 2. The van der Waals surface area contributed by atoms with Gasteiger partial charge in [0, 0.05) is 23.2 Å². The highest BCUT2D eigenvalue weighted by Gasteiger charge is 2.33. The van der Waals surface area contributed by atoms with E-state index in [1.165, 1.54) is 6.07 Å². The molecule has 0 fully saturated rings. The third-order valence-electron chi connectivity index (χ3n) is 6.52. The van der Waals surface area contributed by atoms with Gasteiger partial charge in [-0.25, -0.2) is 14.1 Å². The van der Waals surface area contributed by atoms with Crippen molar-refractivity contribution in [3.63, 3.8) is 0 Å². The minimum atomic E-state index is -1.32. The first kappa shape index (κ1) is 23.6. The molecule has 6 rings (SSSR count). The number of nitrogens with one attached hydrogen (secondary N) is 2. The number of amides is 2. The lowest BCUT2D eigenvalue weighted by atomic mass is 10.0. The maximum Gasteiger partial charge on any atom is 0.269 e. The highest BCUT2D eigenvalue weighted by atomic mass is 19.1. The van der Waals surface area contributed by atoms with Gasteiger partial charge in [-0.3, -0.25) is 9.59 Å². The van der Waals surface area contributed by atoms with E-state index in [0.717, 1.165) is 18.4 Å². The van der Waals surface area contributed by atoms with Crippen molar-refractivity contribution < 1.29 is 18.7 Å². The maximum atomic E-state index is 14.8. The van der Waals surface area contributed by atoms with E-state index in [2.05, 4.69) is 20.7 Å². The molecule has 2 aliphatic rings. The molecule has 1 aromatic heterocycles. The first-order valence-electron chi connectivity index (χ1n) is 12.4. The fraction of sp³-hybridized carbons (Fsp3) is 0.172. The Balaban J connectivity index is 1.43. The van der Waals surface area contributed by atoms with Crippen LogP contribution < -0.4 is 15.4 Å². The van der Waals surface area contributed by atoms with E-state index in [4.69, 9.17) is 4.74 Å². The third-order valence-corrected chi connectivity index (χ3v) is 6.52. The van der Waals surface area contributed by atoms with E-state index >= 15 is 0 Å². The Bertz CT molecular complexity index is 1550. The summed E-state index contributed by atoms with van der Waals surface area (Å²) < 4.78 is 22.5. The summed E-state index contributed by atoms with van der Waals surface area (Å²) in [6.07, 6.45) is 0.378. The summed E-state index contributed by atoms with van der Waals surface area (Å²) in [6, 6.07) is 23.0. The van der Waals surface area contributed by atoms with Gasteiger partial charge in [-0.15, -0.1) is 0 Å². The molecule has 0 saturated heterocycles. The molecule has 0 radical (unpaired) electrons. The second-order valence-corrected chi connectivity index (χ2v) is 9.04. The molecule has 38 heavy (non-hydrogen) atoms. The van der Waals surface area contributed by atoms with Crippen molar-refractivity contribution in [3.05, 3.63) is 101 Å². The van der Waals surface area contributed by atoms with E-state index in [1.54, 1.807) is 16.8 Å². The fourth-order valence-electron chi connectivity index (χ4n) is 4.70. The van der Waals surface area contributed by atoms with Crippen LogP contribution in [0.4, 0.5) is 10.1 Å². The number of benzene rings is 3. The first-order chi connectivity index (χ1) is 18.6. The summed E-state index contributed by atoms with van der Waals surface area (Å²) in [4.78, 5) is 31.7. The molecule has 3 heterocycles. The van der Waals surface area contributed by atoms with Crippen LogP contribution in [0, 0.1) is 5.82 Å². The van der Waals surface area contributed by atoms with Gasteiger partial charge in [0.1, 0.15) is 17.1 Å². The van der Waals surface area contributed by atoms with Gasteiger partial charge in [-0.1, -0.05) is 72.8 Å². The van der Waals surface area contributed by atoms with Gasteiger partial charge in [0.2, 0.25) is 12.0 Å². The molecule has 2 amide bonds. The Hall–Kier alpha value is -4.79. The number of hydrogen-bond donors (Lipinski definition) is 2. The number of rotatable bonds is 4. The largest absolute Gasteiger partial charge is 0.477 e. The molecule has 4 aromatic rings. The molecule has 190 valence electrons. The molecule has 0 unspecified atom stereocenters. The summed E-state index contributed by atoms with van der Waals surface area (Å²) in [5, 5.41) is 10.1. The molecule has 2 N–H and O–H groups in total. The van der Waals surface area contributed by atoms with Gasteiger partial charge in [-0.2, -0.15) is 5.10 Å². The van der Waals surface area contributed by atoms with Crippen molar-refractivity contribution in [1.29, 1.82) is 0 Å². The van der Waals surface area contributed by atoms with Gasteiger partial charge >= 0.3 is 0 Å². The van der Waals surface area contributed by atoms with Gasteiger partial charge in [-0.05, 0) is 18.9 Å². The molecule has 3 aromatic carbocycles. The van der Waals surface area contributed by atoms with Crippen molar-refractivity contribution in [3.8, 4) is 17.1 Å². The van der Waals surface area contributed by atoms with Crippen LogP contribution in [0.25, 0.3) is 11.3 Å². The number of hydrogen-bond acceptors (Lipinski definition) is 5. The number of benzodiazepines with no additional fused rings is 1. The molecule has 0 aliphatic carbocycles. The zero-order valence-electron chi connectivity index (χ0n) is 20.4. The Kier molecular flexibility index (Phi) is 6.17. The fourth-order valence-corrected chi connectivity index (χ4v) is 4.70. The van der Waals surface area contributed by atoms with Gasteiger partial charge in [0.05, 0.1) is 18.0 Å². The SMILES string of the molecule is O=C(N[C@H]1N=C(c2ccccc2)c2cccc(F)c2NC1=O)c1c(-c2ccccc2)nn2c1OCCCC2. The smallest absolute Gasteiger partial charge is 0.269 e. The molecule has 9 heteroatoms. The normalized spacial score (nSPS) is 16.6. The van der Waals surface area contributed by atoms with E-state index in [0.29, 0.717) is 41.6 Å². The molecule has 0 spiro atoms. The van der Waals surface area contributed by atoms with Gasteiger partial charge in [0.15, 0.2) is 0 Å². The summed E-state index contributed by atoms with van der Waals surface area (Å²) in [6.45, 7) is 1.06. The molecular weight excluding hydrogens is 485 g/mol. The number of aliphatic imine (C=N–C) groups is 1. The number of aryl methyl sites for hydroxylation is 1. The lowest BCUT2D eigenvalue weighted by molar-refractivity contribution is -0.117. The quantitative estimate of drug-likeness (QED) is 0.426. The average molecular weight is 510 g/mol. The van der Waals surface area contributed by atoms with Gasteiger partial charge < -0.3 is 15.4 Å². The van der Waals surface area contributed by atoms with Crippen molar-refractivity contribution in [2.24, 2.45) is 4.99 Å². The number of halogens is 1. The highest BCUT2D eigenvalue weighted by molar-refractivity contribution is 6.20. The number of ether oxygens (including phenoxy) is 1. The summed E-state index contributed by atoms with van der Waals surface area (Å²) >= 11 is 0. The second-order valence-electron chi connectivity index (χ2n) is 9.04. The molecule has 8 nitrogen and oxygen atoms in total. The minimum Gasteiger partial charge on any atom is -0.477 e. The summed E-state index contributed by atoms with van der Waals surface area (Å²) in [7, 11) is 0.